The molecule has 0 aromatic carbocycles. The molecular formula is C13H21NO5. The van der Waals surface area contributed by atoms with Gasteiger partial charge < -0.3 is 15.5 Å². The van der Waals surface area contributed by atoms with Crippen molar-refractivity contribution in [2.75, 3.05) is 0 Å². The van der Waals surface area contributed by atoms with Crippen LogP contribution >= 0.6 is 0 Å². The smallest absolute Gasteiger partial charge is 0.326 e. The van der Waals surface area contributed by atoms with E-state index in [2.05, 4.69) is 5.32 Å². The van der Waals surface area contributed by atoms with Gasteiger partial charge in [0.2, 0.25) is 5.91 Å². The Balaban J connectivity index is 2.59. The lowest BCUT2D eigenvalue weighted by molar-refractivity contribution is -0.145. The molecule has 1 saturated carbocycles. The average Bonchev–Trinajstić information content (AvgIpc) is 2.34. The number of carbonyl (C=O) groups excluding carboxylic acids is 1. The van der Waals surface area contributed by atoms with Crippen LogP contribution in [0.15, 0.2) is 0 Å². The zero-order valence-corrected chi connectivity index (χ0v) is 11.1. The molecule has 1 rings (SSSR count). The van der Waals surface area contributed by atoms with Gasteiger partial charge in [-0.05, 0) is 19.3 Å². The molecule has 1 fully saturated rings. The minimum Gasteiger partial charge on any atom is -0.481 e. The highest BCUT2D eigenvalue weighted by molar-refractivity contribution is 5.87. The van der Waals surface area contributed by atoms with Gasteiger partial charge in [0.05, 0.1) is 0 Å². The van der Waals surface area contributed by atoms with Crippen LogP contribution in [0, 0.1) is 5.41 Å². The SMILES string of the molecule is CC1(C(=O)N[C@@H](CCC(=O)O)C(=O)O)CCCCC1. The predicted octanol–water partition coefficient (Wildman–Crippen LogP) is 1.39. The fourth-order valence-electron chi connectivity index (χ4n) is 2.42. The molecule has 0 heterocycles. The van der Waals surface area contributed by atoms with Crippen LogP contribution in [-0.4, -0.2) is 34.1 Å². The van der Waals surface area contributed by atoms with Crippen molar-refractivity contribution < 1.29 is 24.6 Å². The summed E-state index contributed by atoms with van der Waals surface area (Å²) in [7, 11) is 0. The molecule has 0 aliphatic heterocycles. The first kappa shape index (κ1) is 15.5. The zero-order chi connectivity index (χ0) is 14.5. The van der Waals surface area contributed by atoms with Gasteiger partial charge in [-0.1, -0.05) is 26.2 Å². The third-order valence-electron chi connectivity index (χ3n) is 3.76. The Morgan fingerprint density at radius 3 is 2.21 bits per heavy atom. The van der Waals surface area contributed by atoms with Crippen molar-refractivity contribution in [1.29, 1.82) is 0 Å². The summed E-state index contributed by atoms with van der Waals surface area (Å²) >= 11 is 0. The van der Waals surface area contributed by atoms with E-state index in [1.54, 1.807) is 0 Å². The average molecular weight is 271 g/mol. The van der Waals surface area contributed by atoms with E-state index in [0.717, 1.165) is 32.1 Å². The van der Waals surface area contributed by atoms with Gasteiger partial charge in [-0.25, -0.2) is 4.79 Å². The molecule has 0 spiro atoms. The highest BCUT2D eigenvalue weighted by atomic mass is 16.4. The van der Waals surface area contributed by atoms with Crippen LogP contribution in [0.3, 0.4) is 0 Å². The van der Waals surface area contributed by atoms with E-state index in [4.69, 9.17) is 10.2 Å². The van der Waals surface area contributed by atoms with Crippen molar-refractivity contribution in [2.24, 2.45) is 5.41 Å². The van der Waals surface area contributed by atoms with Crippen LogP contribution in [-0.2, 0) is 14.4 Å². The first-order valence-electron chi connectivity index (χ1n) is 6.61. The topological polar surface area (TPSA) is 104 Å². The summed E-state index contributed by atoms with van der Waals surface area (Å²) in [6.45, 7) is 1.84. The Bertz CT molecular complexity index is 360. The number of carboxylic acids is 2. The molecule has 0 bridgehead atoms. The lowest BCUT2D eigenvalue weighted by Crippen LogP contribution is -2.48. The van der Waals surface area contributed by atoms with Crippen LogP contribution in [0.25, 0.3) is 0 Å². The molecule has 108 valence electrons. The van der Waals surface area contributed by atoms with Crippen LogP contribution in [0.1, 0.15) is 51.9 Å². The Morgan fingerprint density at radius 2 is 1.74 bits per heavy atom. The number of hydrogen-bond donors (Lipinski definition) is 3. The fourth-order valence-corrected chi connectivity index (χ4v) is 2.42. The molecule has 1 aliphatic carbocycles. The second kappa shape index (κ2) is 6.54. The maximum atomic E-state index is 12.2. The van der Waals surface area contributed by atoms with E-state index in [9.17, 15) is 14.4 Å². The van der Waals surface area contributed by atoms with E-state index in [1.165, 1.54) is 0 Å². The van der Waals surface area contributed by atoms with Gasteiger partial charge in [0.25, 0.3) is 0 Å². The van der Waals surface area contributed by atoms with E-state index in [0.29, 0.717) is 0 Å². The Morgan fingerprint density at radius 1 is 1.16 bits per heavy atom. The molecular weight excluding hydrogens is 250 g/mol. The number of carbonyl (C=O) groups is 3. The van der Waals surface area contributed by atoms with Crippen LogP contribution in [0.2, 0.25) is 0 Å². The van der Waals surface area contributed by atoms with E-state index < -0.39 is 23.4 Å². The maximum absolute atomic E-state index is 12.2. The lowest BCUT2D eigenvalue weighted by Gasteiger charge is -2.33. The van der Waals surface area contributed by atoms with Crippen molar-refractivity contribution in [3.8, 4) is 0 Å². The molecule has 0 radical (unpaired) electrons. The summed E-state index contributed by atoms with van der Waals surface area (Å²) in [4.78, 5) is 33.7. The first-order valence-corrected chi connectivity index (χ1v) is 6.61. The standard InChI is InChI=1S/C13H21NO5/c1-13(7-3-2-4-8-13)12(19)14-9(11(17)18)5-6-10(15)16/h9H,2-8H2,1H3,(H,14,19)(H,15,16)(H,17,18)/t9-/m0/s1. The van der Waals surface area contributed by atoms with Gasteiger partial charge in [-0.3, -0.25) is 9.59 Å². The van der Waals surface area contributed by atoms with Gasteiger partial charge in [0.1, 0.15) is 6.04 Å². The number of aliphatic carboxylic acids is 2. The fraction of sp³-hybridized carbons (Fsp3) is 0.769. The molecule has 3 N–H and O–H groups in total. The van der Waals surface area contributed by atoms with Crippen molar-refractivity contribution in [3.63, 3.8) is 0 Å². The van der Waals surface area contributed by atoms with E-state index in [1.807, 2.05) is 6.92 Å². The van der Waals surface area contributed by atoms with Crippen LogP contribution < -0.4 is 5.32 Å². The zero-order valence-electron chi connectivity index (χ0n) is 11.1. The third-order valence-corrected chi connectivity index (χ3v) is 3.76. The highest BCUT2D eigenvalue weighted by Crippen LogP contribution is 2.35. The van der Waals surface area contributed by atoms with E-state index in [-0.39, 0.29) is 18.7 Å². The van der Waals surface area contributed by atoms with Crippen molar-refractivity contribution in [2.45, 2.75) is 57.9 Å². The lowest BCUT2D eigenvalue weighted by atomic mass is 9.75. The van der Waals surface area contributed by atoms with Gasteiger partial charge >= 0.3 is 11.9 Å². The molecule has 1 amide bonds. The Hall–Kier alpha value is -1.59. The maximum Gasteiger partial charge on any atom is 0.326 e. The summed E-state index contributed by atoms with van der Waals surface area (Å²) in [5.74, 6) is -2.52. The summed E-state index contributed by atoms with van der Waals surface area (Å²) in [6, 6.07) is -1.12. The molecule has 6 nitrogen and oxygen atoms in total. The molecule has 0 saturated heterocycles. The third kappa shape index (κ3) is 4.54. The molecule has 6 heteroatoms. The Kier molecular flexibility index (Phi) is 5.32. The molecule has 1 aliphatic rings. The summed E-state index contributed by atoms with van der Waals surface area (Å²) in [6.07, 6.45) is 4.19. The monoisotopic (exact) mass is 271 g/mol. The van der Waals surface area contributed by atoms with E-state index >= 15 is 0 Å². The number of nitrogens with one attached hydrogen (secondary N) is 1. The van der Waals surface area contributed by atoms with Crippen molar-refractivity contribution >= 4 is 17.8 Å². The Labute approximate surface area is 112 Å². The molecule has 0 aromatic rings. The largest absolute Gasteiger partial charge is 0.481 e. The number of carboxylic acid groups (broad SMARTS) is 2. The first-order chi connectivity index (χ1) is 8.85. The predicted molar refractivity (Wildman–Crippen MR) is 67.6 cm³/mol. The molecule has 0 aromatic heterocycles. The number of amides is 1. The summed E-state index contributed by atoms with van der Waals surface area (Å²) in [5, 5.41) is 20.1. The normalized spacial score (nSPS) is 19.4. The molecule has 19 heavy (non-hydrogen) atoms. The number of rotatable bonds is 6. The second-order valence-electron chi connectivity index (χ2n) is 5.42. The quantitative estimate of drug-likeness (QED) is 0.677. The van der Waals surface area contributed by atoms with Crippen molar-refractivity contribution in [1.82, 2.24) is 5.32 Å². The highest BCUT2D eigenvalue weighted by Gasteiger charge is 2.36. The molecule has 0 unspecified atom stereocenters. The number of hydrogen-bond acceptors (Lipinski definition) is 3. The van der Waals surface area contributed by atoms with Crippen LogP contribution in [0.5, 0.6) is 0 Å². The van der Waals surface area contributed by atoms with Gasteiger partial charge in [-0.15, -0.1) is 0 Å². The minimum atomic E-state index is -1.19. The summed E-state index contributed by atoms with van der Waals surface area (Å²) < 4.78 is 0. The second-order valence-corrected chi connectivity index (χ2v) is 5.42. The minimum absolute atomic E-state index is 0.0908. The van der Waals surface area contributed by atoms with Gasteiger partial charge in [-0.2, -0.15) is 0 Å². The van der Waals surface area contributed by atoms with Gasteiger partial charge in [0, 0.05) is 11.8 Å². The van der Waals surface area contributed by atoms with Crippen molar-refractivity contribution in [3.05, 3.63) is 0 Å². The summed E-state index contributed by atoms with van der Waals surface area (Å²) in [5.41, 5.74) is -0.519. The van der Waals surface area contributed by atoms with Crippen LogP contribution in [0.4, 0.5) is 0 Å². The van der Waals surface area contributed by atoms with Gasteiger partial charge in [0.15, 0.2) is 0 Å². The molecule has 1 atom stereocenters.